The number of halogens is 1. The zero-order chi connectivity index (χ0) is 19.4. The van der Waals surface area contributed by atoms with E-state index in [-0.39, 0.29) is 24.0 Å². The highest BCUT2D eigenvalue weighted by molar-refractivity contribution is 14.0. The van der Waals surface area contributed by atoms with Gasteiger partial charge in [0.25, 0.3) is 0 Å². The minimum atomic E-state index is -0.688. The number of aryl methyl sites for hydroxylation is 1. The van der Waals surface area contributed by atoms with E-state index in [1.807, 2.05) is 30.3 Å². The van der Waals surface area contributed by atoms with Crippen molar-refractivity contribution in [3.8, 4) is 0 Å². The van der Waals surface area contributed by atoms with Crippen LogP contribution in [0.5, 0.6) is 0 Å². The van der Waals surface area contributed by atoms with Gasteiger partial charge in [-0.05, 0) is 38.2 Å². The number of guanidine groups is 1. The molecular formula is C18H37IN6OS. The van der Waals surface area contributed by atoms with Gasteiger partial charge in [0.1, 0.15) is 12.4 Å². The third-order valence-corrected chi connectivity index (χ3v) is 5.09. The number of thioether (sulfide) groups is 1. The van der Waals surface area contributed by atoms with Gasteiger partial charge in [-0.3, -0.25) is 0 Å². The molecule has 7 nitrogen and oxygen atoms in total. The van der Waals surface area contributed by atoms with Gasteiger partial charge in [0, 0.05) is 20.1 Å². The lowest BCUT2D eigenvalue weighted by molar-refractivity contribution is 0.0257. The molecule has 1 heterocycles. The van der Waals surface area contributed by atoms with E-state index >= 15 is 0 Å². The van der Waals surface area contributed by atoms with Crippen molar-refractivity contribution < 1.29 is 5.11 Å². The second kappa shape index (κ2) is 14.4. The molecular weight excluding hydrogens is 475 g/mol. The minimum Gasteiger partial charge on any atom is -0.388 e. The maximum Gasteiger partial charge on any atom is 0.191 e. The molecule has 3 N–H and O–H groups in total. The van der Waals surface area contributed by atoms with Gasteiger partial charge in [0.05, 0.1) is 5.60 Å². The van der Waals surface area contributed by atoms with Gasteiger partial charge in [0.15, 0.2) is 11.8 Å². The van der Waals surface area contributed by atoms with Crippen molar-refractivity contribution in [2.75, 3.05) is 25.1 Å². The monoisotopic (exact) mass is 512 g/mol. The Morgan fingerprint density at radius 3 is 2.41 bits per heavy atom. The Kier molecular flexibility index (Phi) is 14.2. The van der Waals surface area contributed by atoms with Crippen LogP contribution in [-0.4, -0.2) is 56.5 Å². The van der Waals surface area contributed by atoms with Gasteiger partial charge < -0.3 is 20.3 Å². The second-order valence-electron chi connectivity index (χ2n) is 6.74. The third-order valence-electron chi connectivity index (χ3n) is 4.39. The molecule has 0 radical (unpaired) electrons. The summed E-state index contributed by atoms with van der Waals surface area (Å²) in [6.45, 7) is 7.94. The van der Waals surface area contributed by atoms with Crippen molar-refractivity contribution in [1.29, 1.82) is 0 Å². The fourth-order valence-electron chi connectivity index (χ4n) is 2.82. The van der Waals surface area contributed by atoms with Gasteiger partial charge in [-0.2, -0.15) is 11.8 Å². The molecule has 0 aliphatic carbocycles. The van der Waals surface area contributed by atoms with Crippen molar-refractivity contribution in [3.63, 3.8) is 0 Å². The molecule has 0 unspecified atom stereocenters. The van der Waals surface area contributed by atoms with E-state index in [1.54, 1.807) is 0 Å². The maximum atomic E-state index is 10.8. The maximum absolute atomic E-state index is 10.8. The Morgan fingerprint density at radius 2 is 1.89 bits per heavy atom. The number of hydrogen-bond acceptors (Lipinski definition) is 5. The zero-order valence-electron chi connectivity index (χ0n) is 17.4. The number of rotatable bonds is 12. The summed E-state index contributed by atoms with van der Waals surface area (Å²) in [5.41, 5.74) is -0.688. The van der Waals surface area contributed by atoms with Crippen LogP contribution in [-0.2, 0) is 13.6 Å². The van der Waals surface area contributed by atoms with Crippen molar-refractivity contribution in [3.05, 3.63) is 11.6 Å². The molecule has 0 amide bonds. The van der Waals surface area contributed by atoms with E-state index in [9.17, 15) is 5.11 Å². The zero-order valence-corrected chi connectivity index (χ0v) is 20.6. The van der Waals surface area contributed by atoms with Crippen molar-refractivity contribution >= 4 is 41.7 Å². The van der Waals surface area contributed by atoms with E-state index in [4.69, 9.17) is 0 Å². The standard InChI is InChI=1S/C18H36N6OS.HI/c1-6-9-18(25,10-7-2)14-21-17(19-11-8-12-26-5)20-13-16-23-22-15(3)24(16)4;/h25H,6-14H2,1-5H3,(H2,19,20,21);1H. The van der Waals surface area contributed by atoms with E-state index in [2.05, 4.69) is 45.9 Å². The van der Waals surface area contributed by atoms with Crippen LogP contribution in [0.3, 0.4) is 0 Å². The molecule has 0 spiro atoms. The van der Waals surface area contributed by atoms with E-state index in [0.29, 0.717) is 13.1 Å². The molecule has 0 bridgehead atoms. The SMILES string of the molecule is CCCC(O)(CCC)CNC(=NCc1nnc(C)n1C)NCCCSC.I. The molecule has 9 heteroatoms. The van der Waals surface area contributed by atoms with Crippen LogP contribution in [0.15, 0.2) is 4.99 Å². The Morgan fingerprint density at radius 1 is 1.22 bits per heavy atom. The molecule has 1 rings (SSSR count). The van der Waals surface area contributed by atoms with Crippen LogP contribution in [0.4, 0.5) is 0 Å². The number of aromatic nitrogens is 3. The van der Waals surface area contributed by atoms with Gasteiger partial charge in [0.2, 0.25) is 0 Å². The predicted octanol–water partition coefficient (Wildman–Crippen LogP) is 2.86. The lowest BCUT2D eigenvalue weighted by Gasteiger charge is -2.28. The summed E-state index contributed by atoms with van der Waals surface area (Å²) < 4.78 is 1.94. The van der Waals surface area contributed by atoms with Crippen molar-refractivity contribution in [2.24, 2.45) is 12.0 Å². The summed E-state index contributed by atoms with van der Waals surface area (Å²) in [4.78, 5) is 4.64. The smallest absolute Gasteiger partial charge is 0.191 e. The van der Waals surface area contributed by atoms with Gasteiger partial charge >= 0.3 is 0 Å². The van der Waals surface area contributed by atoms with Crippen LogP contribution in [0.1, 0.15) is 57.6 Å². The van der Waals surface area contributed by atoms with Crippen LogP contribution in [0, 0.1) is 6.92 Å². The van der Waals surface area contributed by atoms with Crippen LogP contribution < -0.4 is 10.6 Å². The summed E-state index contributed by atoms with van der Waals surface area (Å²) in [5.74, 6) is 3.53. The highest BCUT2D eigenvalue weighted by atomic mass is 127. The Balaban J connectivity index is 0.00000676. The molecule has 0 saturated heterocycles. The number of hydrogen-bond donors (Lipinski definition) is 3. The molecule has 158 valence electrons. The Bertz CT molecular complexity index is 546. The largest absolute Gasteiger partial charge is 0.388 e. The normalized spacial score (nSPS) is 12.0. The Hall–Kier alpha value is -0.550. The van der Waals surface area contributed by atoms with Gasteiger partial charge in [-0.15, -0.1) is 34.2 Å². The van der Waals surface area contributed by atoms with Crippen molar-refractivity contribution in [1.82, 2.24) is 25.4 Å². The summed E-state index contributed by atoms with van der Waals surface area (Å²) in [5, 5.41) is 25.8. The fraction of sp³-hybridized carbons (Fsp3) is 0.833. The lowest BCUT2D eigenvalue weighted by Crippen LogP contribution is -2.47. The highest BCUT2D eigenvalue weighted by Gasteiger charge is 2.25. The number of aliphatic hydroxyl groups is 1. The first kappa shape index (κ1) is 26.4. The molecule has 0 atom stereocenters. The summed E-state index contributed by atoms with van der Waals surface area (Å²) >= 11 is 1.84. The molecule has 1 aromatic rings. The predicted molar refractivity (Wildman–Crippen MR) is 126 cm³/mol. The second-order valence-corrected chi connectivity index (χ2v) is 7.72. The first-order chi connectivity index (χ1) is 12.5. The van der Waals surface area contributed by atoms with E-state index in [0.717, 1.165) is 62.0 Å². The average molecular weight is 513 g/mol. The van der Waals surface area contributed by atoms with Gasteiger partial charge in [-0.1, -0.05) is 26.7 Å². The highest BCUT2D eigenvalue weighted by Crippen LogP contribution is 2.18. The van der Waals surface area contributed by atoms with Crippen LogP contribution in [0.2, 0.25) is 0 Å². The first-order valence-electron chi connectivity index (χ1n) is 9.54. The summed E-state index contributed by atoms with van der Waals surface area (Å²) in [6.07, 6.45) is 6.68. The first-order valence-corrected chi connectivity index (χ1v) is 10.9. The quantitative estimate of drug-likeness (QED) is 0.173. The minimum absolute atomic E-state index is 0. The number of aliphatic imine (C=N–C) groups is 1. The Labute approximate surface area is 185 Å². The molecule has 0 aromatic carbocycles. The molecule has 0 aliphatic rings. The number of nitrogens with one attached hydrogen (secondary N) is 2. The molecule has 0 aliphatic heterocycles. The third kappa shape index (κ3) is 9.98. The molecule has 0 saturated carbocycles. The summed E-state index contributed by atoms with van der Waals surface area (Å²) in [7, 11) is 1.94. The topological polar surface area (TPSA) is 87.4 Å². The summed E-state index contributed by atoms with van der Waals surface area (Å²) in [6, 6.07) is 0. The molecule has 27 heavy (non-hydrogen) atoms. The van der Waals surface area contributed by atoms with Crippen LogP contribution >= 0.6 is 35.7 Å². The van der Waals surface area contributed by atoms with E-state index < -0.39 is 5.60 Å². The molecule has 1 aromatic heterocycles. The molecule has 0 fully saturated rings. The van der Waals surface area contributed by atoms with E-state index in [1.165, 1.54) is 0 Å². The van der Waals surface area contributed by atoms with Crippen LogP contribution in [0.25, 0.3) is 0 Å². The van der Waals surface area contributed by atoms with Gasteiger partial charge in [-0.25, -0.2) is 4.99 Å². The fourth-order valence-corrected chi connectivity index (χ4v) is 3.25. The average Bonchev–Trinajstić information content (AvgIpc) is 2.92. The number of nitrogens with zero attached hydrogens (tertiary/aromatic N) is 4. The lowest BCUT2D eigenvalue weighted by atomic mass is 9.93. The van der Waals surface area contributed by atoms with Crippen molar-refractivity contribution in [2.45, 2.75) is 65.0 Å².